The molecule has 3 heterocycles. The van der Waals surface area contributed by atoms with Gasteiger partial charge in [-0.1, -0.05) is 5.21 Å². The number of hydrogen-bond donors (Lipinski definition) is 2. The molecule has 0 unspecified atom stereocenters. The maximum absolute atomic E-state index is 12.9. The van der Waals surface area contributed by atoms with Crippen molar-refractivity contribution in [2.45, 2.75) is 44.2 Å². The predicted octanol–water partition coefficient (Wildman–Crippen LogP) is 0.857. The Balaban J connectivity index is 1.23. The van der Waals surface area contributed by atoms with Gasteiger partial charge in [0.25, 0.3) is 5.91 Å². The Morgan fingerprint density at radius 3 is 2.86 bits per heavy atom. The van der Waals surface area contributed by atoms with Crippen LogP contribution >= 0.6 is 0 Å². The van der Waals surface area contributed by atoms with E-state index in [0.29, 0.717) is 30.9 Å². The van der Waals surface area contributed by atoms with Crippen LogP contribution in [0, 0.1) is 17.8 Å². The zero-order valence-corrected chi connectivity index (χ0v) is 15.7. The van der Waals surface area contributed by atoms with Crippen molar-refractivity contribution in [1.29, 1.82) is 0 Å². The number of aliphatic hydroxyl groups excluding tert-OH is 1. The second-order valence-corrected chi connectivity index (χ2v) is 8.50. The molecule has 148 valence electrons. The highest BCUT2D eigenvalue weighted by molar-refractivity contribution is 5.94. The Labute approximate surface area is 162 Å². The first-order valence-corrected chi connectivity index (χ1v) is 10.2. The smallest absolute Gasteiger partial charge is 0.255 e. The lowest BCUT2D eigenvalue weighted by Crippen LogP contribution is -2.40. The minimum Gasteiger partial charge on any atom is -0.391 e. The topological polar surface area (TPSA) is 99.8 Å². The first-order chi connectivity index (χ1) is 13.6. The van der Waals surface area contributed by atoms with Gasteiger partial charge in [0.05, 0.1) is 23.4 Å². The monoisotopic (exact) mass is 383 g/mol. The molecule has 0 bridgehead atoms. The molecule has 1 aliphatic heterocycles. The van der Waals surface area contributed by atoms with Gasteiger partial charge in [0, 0.05) is 31.2 Å². The highest BCUT2D eigenvalue weighted by atomic mass is 16.3. The van der Waals surface area contributed by atoms with Crippen molar-refractivity contribution in [3.05, 3.63) is 30.1 Å². The lowest BCUT2D eigenvalue weighted by Gasteiger charge is -2.22. The Bertz CT molecular complexity index is 912. The highest BCUT2D eigenvalue weighted by Gasteiger charge is 2.51. The molecule has 2 saturated carbocycles. The van der Waals surface area contributed by atoms with E-state index in [4.69, 9.17) is 0 Å². The van der Waals surface area contributed by atoms with Crippen molar-refractivity contribution in [3.8, 4) is 0 Å². The summed E-state index contributed by atoms with van der Waals surface area (Å²) in [6.45, 7) is 0.779. The molecule has 5 atom stereocenters. The molecular formula is C20H25N5O3. The maximum Gasteiger partial charge on any atom is 0.255 e. The van der Waals surface area contributed by atoms with Gasteiger partial charge in [0.1, 0.15) is 0 Å². The van der Waals surface area contributed by atoms with E-state index in [2.05, 4.69) is 15.6 Å². The van der Waals surface area contributed by atoms with Crippen LogP contribution in [0.2, 0.25) is 0 Å². The molecule has 2 amide bonds. The average Bonchev–Trinajstić information content (AvgIpc) is 3.16. The Morgan fingerprint density at radius 1 is 1.18 bits per heavy atom. The van der Waals surface area contributed by atoms with E-state index in [1.807, 2.05) is 0 Å². The summed E-state index contributed by atoms with van der Waals surface area (Å²) in [5.41, 5.74) is 1.33. The van der Waals surface area contributed by atoms with Gasteiger partial charge < -0.3 is 15.3 Å². The normalized spacial score (nSPS) is 32.0. The van der Waals surface area contributed by atoms with E-state index in [1.54, 1.807) is 33.9 Å². The molecule has 1 saturated heterocycles. The Hall–Kier alpha value is -2.48. The third-order valence-electron chi connectivity index (χ3n) is 6.59. The summed E-state index contributed by atoms with van der Waals surface area (Å²) in [6, 6.07) is 3.47. The first-order valence-electron chi connectivity index (χ1n) is 10.2. The number of nitrogens with zero attached hydrogens (tertiary/aromatic N) is 4. The molecule has 0 spiro atoms. The highest BCUT2D eigenvalue weighted by Crippen LogP contribution is 2.55. The average molecular weight is 383 g/mol. The van der Waals surface area contributed by atoms with Gasteiger partial charge in [0.15, 0.2) is 0 Å². The molecule has 2 aromatic heterocycles. The first kappa shape index (κ1) is 17.6. The zero-order chi connectivity index (χ0) is 19.3. The molecule has 8 nitrogen and oxygen atoms in total. The van der Waals surface area contributed by atoms with Crippen molar-refractivity contribution in [2.75, 3.05) is 13.1 Å². The summed E-state index contributed by atoms with van der Waals surface area (Å²) < 4.78 is 1.57. The summed E-state index contributed by atoms with van der Waals surface area (Å²) in [5, 5.41) is 21.3. The van der Waals surface area contributed by atoms with Crippen LogP contribution in [-0.4, -0.2) is 61.9 Å². The van der Waals surface area contributed by atoms with Gasteiger partial charge in [-0.25, -0.2) is 4.52 Å². The number of fused-ring (bicyclic) bond motifs is 2. The van der Waals surface area contributed by atoms with Gasteiger partial charge in [0.2, 0.25) is 5.91 Å². The van der Waals surface area contributed by atoms with E-state index in [9.17, 15) is 14.7 Å². The minimum absolute atomic E-state index is 0.0871. The standard InChI is InChI=1S/C20H25N5O3/c26-16-8-14(22-19(27)17-4-2-12-7-18(12)17)5-6-24(11-16)20(28)13-1-3-15-9-21-23-25(15)10-13/h1,3,9-10,12,14,16-18,26H,2,4-8,11H2,(H,22,27)/t12-,14-,16-,17-,18+/m1/s1. The third kappa shape index (κ3) is 3.26. The maximum atomic E-state index is 12.9. The second-order valence-electron chi connectivity index (χ2n) is 8.50. The van der Waals surface area contributed by atoms with Crippen molar-refractivity contribution < 1.29 is 14.7 Å². The molecule has 2 aromatic rings. The molecule has 5 rings (SSSR count). The summed E-state index contributed by atoms with van der Waals surface area (Å²) >= 11 is 0. The lowest BCUT2D eigenvalue weighted by molar-refractivity contribution is -0.126. The van der Waals surface area contributed by atoms with Crippen LogP contribution in [0.4, 0.5) is 0 Å². The number of carbonyl (C=O) groups excluding carboxylic acids is 2. The van der Waals surface area contributed by atoms with Crippen LogP contribution in [0.25, 0.3) is 5.52 Å². The SMILES string of the molecule is O=C(N[C@@H]1CCN(C(=O)c2ccc3cnnn3c2)C[C@H](O)C1)[C@@H]1CC[C@@H]2C[C@@H]21. The number of β-amino-alcohol motifs (C(OH)–C–C–N with tert-alkyl or cyclic N) is 1. The predicted molar refractivity (Wildman–Crippen MR) is 100 cm³/mol. The van der Waals surface area contributed by atoms with Crippen molar-refractivity contribution in [3.63, 3.8) is 0 Å². The molecule has 2 aliphatic carbocycles. The largest absolute Gasteiger partial charge is 0.391 e. The Kier molecular flexibility index (Phi) is 4.30. The Morgan fingerprint density at radius 2 is 2.07 bits per heavy atom. The number of amides is 2. The summed E-state index contributed by atoms with van der Waals surface area (Å²) in [6.07, 6.45) is 7.14. The summed E-state index contributed by atoms with van der Waals surface area (Å²) in [7, 11) is 0. The molecule has 0 radical (unpaired) electrons. The fraction of sp³-hybridized carbons (Fsp3) is 0.600. The number of carbonyl (C=O) groups is 2. The number of rotatable bonds is 3. The number of aromatic nitrogens is 3. The number of hydrogen-bond acceptors (Lipinski definition) is 5. The molecule has 2 N–H and O–H groups in total. The van der Waals surface area contributed by atoms with E-state index < -0.39 is 6.10 Å². The van der Waals surface area contributed by atoms with Crippen molar-refractivity contribution >= 4 is 17.3 Å². The van der Waals surface area contributed by atoms with Gasteiger partial charge in [-0.3, -0.25) is 9.59 Å². The lowest BCUT2D eigenvalue weighted by atomic mass is 10.0. The van der Waals surface area contributed by atoms with E-state index >= 15 is 0 Å². The number of pyridine rings is 1. The quantitative estimate of drug-likeness (QED) is 0.819. The molecular weight excluding hydrogens is 358 g/mol. The van der Waals surface area contributed by atoms with Gasteiger partial charge in [-0.05, 0) is 56.1 Å². The number of aliphatic hydroxyl groups is 1. The van der Waals surface area contributed by atoms with Crippen LogP contribution < -0.4 is 5.32 Å². The summed E-state index contributed by atoms with van der Waals surface area (Å²) in [5.74, 6) is 1.50. The van der Waals surface area contributed by atoms with Gasteiger partial charge in [-0.15, -0.1) is 5.10 Å². The molecule has 8 heteroatoms. The van der Waals surface area contributed by atoms with Crippen LogP contribution in [0.3, 0.4) is 0 Å². The van der Waals surface area contributed by atoms with E-state index in [-0.39, 0.29) is 30.3 Å². The van der Waals surface area contributed by atoms with Gasteiger partial charge >= 0.3 is 0 Å². The number of likely N-dealkylation sites (tertiary alicyclic amines) is 1. The fourth-order valence-electron chi connectivity index (χ4n) is 4.96. The van der Waals surface area contributed by atoms with Crippen molar-refractivity contribution in [1.82, 2.24) is 25.0 Å². The second kappa shape index (κ2) is 6.84. The fourth-order valence-corrected chi connectivity index (χ4v) is 4.96. The van der Waals surface area contributed by atoms with E-state index in [0.717, 1.165) is 17.9 Å². The van der Waals surface area contributed by atoms with Crippen LogP contribution in [0.15, 0.2) is 24.5 Å². The van der Waals surface area contributed by atoms with Gasteiger partial charge in [-0.2, -0.15) is 0 Å². The molecule has 0 aromatic carbocycles. The zero-order valence-electron chi connectivity index (χ0n) is 15.7. The summed E-state index contributed by atoms with van der Waals surface area (Å²) in [4.78, 5) is 27.2. The minimum atomic E-state index is -0.649. The molecule has 3 aliphatic rings. The van der Waals surface area contributed by atoms with Crippen molar-refractivity contribution in [2.24, 2.45) is 17.8 Å². The number of nitrogens with one attached hydrogen (secondary N) is 1. The molecule has 3 fully saturated rings. The van der Waals surface area contributed by atoms with Crippen LogP contribution in [-0.2, 0) is 4.79 Å². The van der Waals surface area contributed by atoms with Crippen LogP contribution in [0.1, 0.15) is 42.5 Å². The van der Waals surface area contributed by atoms with Crippen LogP contribution in [0.5, 0.6) is 0 Å². The molecule has 28 heavy (non-hydrogen) atoms. The van der Waals surface area contributed by atoms with E-state index in [1.165, 1.54) is 12.8 Å². The third-order valence-corrected chi connectivity index (χ3v) is 6.59.